The average molecular weight is 270 g/mol. The molecule has 0 aromatic heterocycles. The van der Waals surface area contributed by atoms with Gasteiger partial charge in [-0.3, -0.25) is 0 Å². The van der Waals surface area contributed by atoms with Crippen LogP contribution in [0.3, 0.4) is 0 Å². The molecule has 0 saturated carbocycles. The molecule has 0 aliphatic carbocycles. The summed E-state index contributed by atoms with van der Waals surface area (Å²) in [6.07, 6.45) is 2.95. The maximum atomic E-state index is 5.91. The van der Waals surface area contributed by atoms with Crippen LogP contribution in [0.1, 0.15) is 32.3 Å². The second-order valence-electron chi connectivity index (χ2n) is 4.65. The zero-order valence-corrected chi connectivity index (χ0v) is 12.6. The summed E-state index contributed by atoms with van der Waals surface area (Å²) in [5.74, 6) is 0. The van der Waals surface area contributed by atoms with E-state index in [0.29, 0.717) is 6.04 Å². The second-order valence-corrected chi connectivity index (χ2v) is 5.08. The highest BCUT2D eigenvalue weighted by molar-refractivity contribution is 6.30. The van der Waals surface area contributed by atoms with Crippen LogP contribution in [0.25, 0.3) is 0 Å². The molecule has 1 rings (SSSR count). The summed E-state index contributed by atoms with van der Waals surface area (Å²) in [5.41, 5.74) is 1.18. The van der Waals surface area contributed by atoms with Crippen LogP contribution in [-0.2, 0) is 11.2 Å². The molecule has 1 aromatic rings. The Bertz CT molecular complexity index is 338. The highest BCUT2D eigenvalue weighted by Gasteiger charge is 2.34. The lowest BCUT2D eigenvalue weighted by Crippen LogP contribution is -2.51. The Labute approximate surface area is 116 Å². The van der Waals surface area contributed by atoms with Crippen LogP contribution in [-0.4, -0.2) is 25.8 Å². The molecule has 0 aliphatic heterocycles. The normalized spacial score (nSPS) is 13.6. The van der Waals surface area contributed by atoms with E-state index in [-0.39, 0.29) is 5.60 Å². The van der Waals surface area contributed by atoms with Gasteiger partial charge in [0.05, 0.1) is 5.60 Å². The third kappa shape index (κ3) is 3.47. The van der Waals surface area contributed by atoms with Crippen molar-refractivity contribution in [2.75, 3.05) is 14.2 Å². The van der Waals surface area contributed by atoms with Crippen molar-refractivity contribution in [2.45, 2.75) is 44.8 Å². The predicted octanol–water partition coefficient (Wildman–Crippen LogP) is 3.68. The van der Waals surface area contributed by atoms with Gasteiger partial charge >= 0.3 is 0 Å². The van der Waals surface area contributed by atoms with Gasteiger partial charge in [-0.25, -0.2) is 0 Å². The number of benzene rings is 1. The lowest BCUT2D eigenvalue weighted by molar-refractivity contribution is -0.0454. The Morgan fingerprint density at radius 3 is 2.17 bits per heavy atom. The number of hydrogen-bond donors (Lipinski definition) is 1. The van der Waals surface area contributed by atoms with E-state index in [0.717, 1.165) is 24.3 Å². The Hall–Kier alpha value is -0.570. The smallest absolute Gasteiger partial charge is 0.0828 e. The molecule has 0 radical (unpaired) electrons. The molecule has 0 aliphatic rings. The van der Waals surface area contributed by atoms with E-state index in [9.17, 15) is 0 Å². The zero-order valence-electron chi connectivity index (χ0n) is 11.8. The van der Waals surface area contributed by atoms with E-state index in [1.807, 2.05) is 19.2 Å². The second kappa shape index (κ2) is 7.13. The fourth-order valence-corrected chi connectivity index (χ4v) is 2.71. The van der Waals surface area contributed by atoms with Crippen LogP contribution >= 0.6 is 11.6 Å². The summed E-state index contributed by atoms with van der Waals surface area (Å²) in [6, 6.07) is 8.35. The standard InChI is InChI=1S/C15H24ClNO/c1-5-15(6-2,18-4)14(17-3)11-12-7-9-13(16)10-8-12/h7-10,14,17H,5-6,11H2,1-4H3. The quantitative estimate of drug-likeness (QED) is 0.815. The van der Waals surface area contributed by atoms with Crippen LogP contribution in [0, 0.1) is 0 Å². The number of likely N-dealkylation sites (N-methyl/N-ethyl adjacent to an activating group) is 1. The molecule has 0 bridgehead atoms. The fourth-order valence-electron chi connectivity index (χ4n) is 2.58. The summed E-state index contributed by atoms with van der Waals surface area (Å²) in [5, 5.41) is 4.18. The summed E-state index contributed by atoms with van der Waals surface area (Å²) in [7, 11) is 3.80. The molecule has 1 N–H and O–H groups in total. The first-order valence-corrected chi connectivity index (χ1v) is 6.96. The first-order valence-electron chi connectivity index (χ1n) is 6.58. The summed E-state index contributed by atoms with van der Waals surface area (Å²) in [4.78, 5) is 0. The van der Waals surface area contributed by atoms with Crippen LogP contribution < -0.4 is 5.32 Å². The minimum absolute atomic E-state index is 0.103. The van der Waals surface area contributed by atoms with Gasteiger partial charge in [0.15, 0.2) is 0 Å². The van der Waals surface area contributed by atoms with Gasteiger partial charge < -0.3 is 10.1 Å². The average Bonchev–Trinajstić information content (AvgIpc) is 2.42. The van der Waals surface area contributed by atoms with Gasteiger partial charge in [-0.1, -0.05) is 37.6 Å². The topological polar surface area (TPSA) is 21.3 Å². The van der Waals surface area contributed by atoms with Crippen LogP contribution in [0.5, 0.6) is 0 Å². The van der Waals surface area contributed by atoms with E-state index < -0.39 is 0 Å². The lowest BCUT2D eigenvalue weighted by atomic mass is 9.84. The molecular weight excluding hydrogens is 246 g/mol. The highest BCUT2D eigenvalue weighted by atomic mass is 35.5. The van der Waals surface area contributed by atoms with Crippen molar-refractivity contribution < 1.29 is 4.74 Å². The van der Waals surface area contributed by atoms with Crippen molar-refractivity contribution in [1.82, 2.24) is 5.32 Å². The van der Waals surface area contributed by atoms with Gasteiger partial charge in [0.1, 0.15) is 0 Å². The predicted molar refractivity (Wildman–Crippen MR) is 78.3 cm³/mol. The number of rotatable bonds is 7. The Balaban J connectivity index is 2.86. The van der Waals surface area contributed by atoms with E-state index in [1.165, 1.54) is 5.56 Å². The molecule has 0 fully saturated rings. The zero-order chi connectivity index (χ0) is 13.6. The number of nitrogens with one attached hydrogen (secondary N) is 1. The van der Waals surface area contributed by atoms with Crippen molar-refractivity contribution in [3.63, 3.8) is 0 Å². The molecule has 3 heteroatoms. The third-order valence-corrected chi connectivity index (χ3v) is 4.19. The Morgan fingerprint density at radius 2 is 1.78 bits per heavy atom. The molecule has 1 unspecified atom stereocenters. The number of methoxy groups -OCH3 is 1. The number of halogens is 1. The minimum Gasteiger partial charge on any atom is -0.377 e. The minimum atomic E-state index is -0.103. The van der Waals surface area contributed by atoms with Gasteiger partial charge in [-0.15, -0.1) is 0 Å². The van der Waals surface area contributed by atoms with Crippen LogP contribution in [0.2, 0.25) is 5.02 Å². The molecule has 0 saturated heterocycles. The molecular formula is C15H24ClNO. The lowest BCUT2D eigenvalue weighted by Gasteiger charge is -2.38. The fraction of sp³-hybridized carbons (Fsp3) is 0.600. The Kier molecular flexibility index (Phi) is 6.13. The molecule has 0 spiro atoms. The maximum Gasteiger partial charge on any atom is 0.0828 e. The molecule has 2 nitrogen and oxygen atoms in total. The molecule has 1 atom stereocenters. The van der Waals surface area contributed by atoms with Gasteiger partial charge in [-0.2, -0.15) is 0 Å². The van der Waals surface area contributed by atoms with Crippen molar-refractivity contribution in [2.24, 2.45) is 0 Å². The van der Waals surface area contributed by atoms with Gasteiger partial charge in [0, 0.05) is 18.2 Å². The maximum absolute atomic E-state index is 5.91. The SMILES string of the molecule is CCC(CC)(OC)C(Cc1ccc(Cl)cc1)NC. The first-order chi connectivity index (χ1) is 8.61. The summed E-state index contributed by atoms with van der Waals surface area (Å²) in [6.45, 7) is 4.36. The molecule has 1 aromatic carbocycles. The van der Waals surface area contributed by atoms with Crippen molar-refractivity contribution in [3.05, 3.63) is 34.9 Å². The highest BCUT2D eigenvalue weighted by Crippen LogP contribution is 2.26. The van der Waals surface area contributed by atoms with Crippen molar-refractivity contribution >= 4 is 11.6 Å². The van der Waals surface area contributed by atoms with E-state index in [2.05, 4.69) is 31.3 Å². The van der Waals surface area contributed by atoms with Gasteiger partial charge in [0.25, 0.3) is 0 Å². The number of ether oxygens (including phenoxy) is 1. The van der Waals surface area contributed by atoms with E-state index in [4.69, 9.17) is 16.3 Å². The monoisotopic (exact) mass is 269 g/mol. The van der Waals surface area contributed by atoms with Crippen LogP contribution in [0.4, 0.5) is 0 Å². The van der Waals surface area contributed by atoms with Gasteiger partial charge in [-0.05, 0) is 44.0 Å². The molecule has 102 valence electrons. The van der Waals surface area contributed by atoms with Crippen molar-refractivity contribution in [3.8, 4) is 0 Å². The molecule has 0 heterocycles. The van der Waals surface area contributed by atoms with Crippen molar-refractivity contribution in [1.29, 1.82) is 0 Å². The van der Waals surface area contributed by atoms with E-state index >= 15 is 0 Å². The van der Waals surface area contributed by atoms with Crippen LogP contribution in [0.15, 0.2) is 24.3 Å². The Morgan fingerprint density at radius 1 is 1.22 bits per heavy atom. The summed E-state index contributed by atoms with van der Waals surface area (Å²) >= 11 is 5.91. The molecule has 18 heavy (non-hydrogen) atoms. The third-order valence-electron chi connectivity index (χ3n) is 3.94. The van der Waals surface area contributed by atoms with Gasteiger partial charge in [0.2, 0.25) is 0 Å². The number of hydrogen-bond acceptors (Lipinski definition) is 2. The first kappa shape index (κ1) is 15.5. The largest absolute Gasteiger partial charge is 0.377 e. The molecule has 0 amide bonds. The summed E-state index contributed by atoms with van der Waals surface area (Å²) < 4.78 is 5.80. The van der Waals surface area contributed by atoms with E-state index in [1.54, 1.807) is 7.11 Å².